The largest absolute Gasteiger partial charge is 0.0884 e. The number of hydrogen-bond donors (Lipinski definition) is 0. The molecular formula is C19H32. The van der Waals surface area contributed by atoms with Crippen LogP contribution in [0.4, 0.5) is 0 Å². The van der Waals surface area contributed by atoms with Crippen LogP contribution in [0.1, 0.15) is 79.1 Å². The van der Waals surface area contributed by atoms with Gasteiger partial charge in [-0.2, -0.15) is 0 Å². The zero-order valence-corrected chi connectivity index (χ0v) is 13.5. The Morgan fingerprint density at radius 2 is 2.11 bits per heavy atom. The first-order valence-electron chi connectivity index (χ1n) is 8.15. The fourth-order valence-corrected chi connectivity index (χ4v) is 2.74. The normalized spacial score (nSPS) is 18.0. The van der Waals surface area contributed by atoms with Gasteiger partial charge in [0.05, 0.1) is 0 Å². The van der Waals surface area contributed by atoms with Crippen LogP contribution in [0.2, 0.25) is 0 Å². The summed E-state index contributed by atoms with van der Waals surface area (Å²) < 4.78 is 0. The van der Waals surface area contributed by atoms with Crippen LogP contribution >= 0.6 is 0 Å². The lowest BCUT2D eigenvalue weighted by atomic mass is 9.89. The van der Waals surface area contributed by atoms with Crippen molar-refractivity contribution in [1.29, 1.82) is 0 Å². The lowest BCUT2D eigenvalue weighted by molar-refractivity contribution is 0.510. The van der Waals surface area contributed by atoms with Gasteiger partial charge in [0, 0.05) is 0 Å². The van der Waals surface area contributed by atoms with Crippen LogP contribution in [0.3, 0.4) is 0 Å². The Hall–Kier alpha value is -0.780. The summed E-state index contributed by atoms with van der Waals surface area (Å²) in [6.07, 6.45) is 17.5. The van der Waals surface area contributed by atoms with Crippen LogP contribution < -0.4 is 0 Å². The van der Waals surface area contributed by atoms with Crippen molar-refractivity contribution in [2.45, 2.75) is 79.1 Å². The highest BCUT2D eigenvalue weighted by molar-refractivity contribution is 5.22. The van der Waals surface area contributed by atoms with Gasteiger partial charge in [-0.25, -0.2) is 0 Å². The van der Waals surface area contributed by atoms with Gasteiger partial charge in [0.1, 0.15) is 0 Å². The van der Waals surface area contributed by atoms with E-state index in [1.54, 1.807) is 11.1 Å². The van der Waals surface area contributed by atoms with Crippen molar-refractivity contribution in [1.82, 2.24) is 0 Å². The lowest BCUT2D eigenvalue weighted by Crippen LogP contribution is -2.00. The molecule has 0 aromatic rings. The number of unbranched alkanes of at least 4 members (excludes halogenated alkanes) is 1. The maximum atomic E-state index is 2.42. The monoisotopic (exact) mass is 260 g/mol. The average molecular weight is 260 g/mol. The van der Waals surface area contributed by atoms with Crippen LogP contribution in [0.5, 0.6) is 0 Å². The van der Waals surface area contributed by atoms with Gasteiger partial charge in [-0.05, 0) is 64.7 Å². The van der Waals surface area contributed by atoms with Crippen molar-refractivity contribution < 1.29 is 0 Å². The number of hydrogen-bond acceptors (Lipinski definition) is 0. The van der Waals surface area contributed by atoms with Crippen molar-refractivity contribution in [2.24, 2.45) is 5.92 Å². The van der Waals surface area contributed by atoms with Crippen molar-refractivity contribution >= 4 is 0 Å². The van der Waals surface area contributed by atoms with E-state index in [1.807, 2.05) is 0 Å². The third kappa shape index (κ3) is 6.80. The molecule has 0 radical (unpaired) electrons. The lowest BCUT2D eigenvalue weighted by Gasteiger charge is -2.17. The predicted octanol–water partition coefficient (Wildman–Crippen LogP) is 6.60. The highest BCUT2D eigenvalue weighted by atomic mass is 14.1. The van der Waals surface area contributed by atoms with E-state index >= 15 is 0 Å². The molecule has 0 aliphatic heterocycles. The van der Waals surface area contributed by atoms with Crippen LogP contribution in [-0.4, -0.2) is 0 Å². The molecule has 1 aliphatic rings. The molecule has 0 saturated heterocycles. The number of rotatable bonds is 8. The van der Waals surface area contributed by atoms with Gasteiger partial charge in [-0.15, -0.1) is 0 Å². The van der Waals surface area contributed by atoms with Gasteiger partial charge in [0.15, 0.2) is 0 Å². The molecule has 108 valence electrons. The van der Waals surface area contributed by atoms with Gasteiger partial charge in [0.25, 0.3) is 0 Å². The summed E-state index contributed by atoms with van der Waals surface area (Å²) in [5.74, 6) is 0.830. The van der Waals surface area contributed by atoms with Crippen LogP contribution in [0.25, 0.3) is 0 Å². The predicted molar refractivity (Wildman–Crippen MR) is 87.4 cm³/mol. The van der Waals surface area contributed by atoms with Gasteiger partial charge >= 0.3 is 0 Å². The summed E-state index contributed by atoms with van der Waals surface area (Å²) >= 11 is 0. The number of allylic oxidation sites excluding steroid dienone is 6. The molecule has 0 aromatic carbocycles. The minimum atomic E-state index is 0.830. The molecule has 1 rings (SSSR count). The topological polar surface area (TPSA) is 0 Å². The molecule has 1 aliphatic carbocycles. The fraction of sp³-hybridized carbons (Fsp3) is 0.684. The molecule has 0 bridgehead atoms. The first-order valence-corrected chi connectivity index (χ1v) is 8.15. The second-order valence-electron chi connectivity index (χ2n) is 6.24. The van der Waals surface area contributed by atoms with Gasteiger partial charge < -0.3 is 0 Å². The van der Waals surface area contributed by atoms with E-state index < -0.39 is 0 Å². The Morgan fingerprint density at radius 1 is 1.32 bits per heavy atom. The highest BCUT2D eigenvalue weighted by Crippen LogP contribution is 2.26. The Kier molecular flexibility index (Phi) is 7.86. The van der Waals surface area contributed by atoms with Crippen LogP contribution in [0.15, 0.2) is 34.9 Å². The van der Waals surface area contributed by atoms with E-state index in [-0.39, 0.29) is 0 Å². The van der Waals surface area contributed by atoms with Crippen molar-refractivity contribution in [3.8, 4) is 0 Å². The highest BCUT2D eigenvalue weighted by Gasteiger charge is 2.08. The van der Waals surface area contributed by atoms with Crippen molar-refractivity contribution in [2.75, 3.05) is 0 Å². The van der Waals surface area contributed by atoms with Gasteiger partial charge in [0.2, 0.25) is 0 Å². The van der Waals surface area contributed by atoms with Crippen molar-refractivity contribution in [3.63, 3.8) is 0 Å². The fourth-order valence-electron chi connectivity index (χ4n) is 2.74. The zero-order valence-electron chi connectivity index (χ0n) is 13.5. The maximum absolute atomic E-state index is 2.42. The molecular weight excluding hydrogens is 228 g/mol. The summed E-state index contributed by atoms with van der Waals surface area (Å²) in [6.45, 7) is 9.14. The first-order chi connectivity index (χ1) is 9.15. The molecule has 0 fully saturated rings. The zero-order chi connectivity index (χ0) is 14.1. The molecule has 0 amide bonds. The Bertz CT molecular complexity index is 341. The molecule has 0 saturated carbocycles. The standard InChI is InChI=1S/C19H32/c1-5-7-8-18(6-2)15-17(4)11-14-19-12-9-16(3)10-13-19/h6,9,12,17H,5,7-8,10-11,13-15H2,1-4H3/b18-6+. The quantitative estimate of drug-likeness (QED) is 0.431. The third-order valence-electron chi connectivity index (χ3n) is 4.27. The van der Waals surface area contributed by atoms with E-state index in [0.29, 0.717) is 0 Å². The summed E-state index contributed by atoms with van der Waals surface area (Å²) in [5, 5.41) is 0. The SMILES string of the molecule is C/C=C(\CCCC)CC(C)CCC1=CC=C(C)CC1. The molecule has 0 aromatic heterocycles. The van der Waals surface area contributed by atoms with Crippen molar-refractivity contribution in [3.05, 3.63) is 34.9 Å². The first kappa shape index (κ1) is 16.3. The van der Waals surface area contributed by atoms with Crippen LogP contribution in [-0.2, 0) is 0 Å². The molecule has 0 N–H and O–H groups in total. The second kappa shape index (κ2) is 9.18. The molecule has 1 unspecified atom stereocenters. The van der Waals surface area contributed by atoms with Gasteiger partial charge in [-0.3, -0.25) is 0 Å². The summed E-state index contributed by atoms with van der Waals surface area (Å²) in [7, 11) is 0. The van der Waals surface area contributed by atoms with E-state index in [1.165, 1.54) is 56.9 Å². The summed E-state index contributed by atoms with van der Waals surface area (Å²) in [5.41, 5.74) is 4.86. The summed E-state index contributed by atoms with van der Waals surface area (Å²) in [6, 6.07) is 0. The molecule has 0 heteroatoms. The minimum absolute atomic E-state index is 0.830. The van der Waals surface area contributed by atoms with E-state index in [4.69, 9.17) is 0 Å². The van der Waals surface area contributed by atoms with E-state index in [0.717, 1.165) is 5.92 Å². The average Bonchev–Trinajstić information content (AvgIpc) is 2.42. The Labute approximate surface area is 120 Å². The molecule has 0 heterocycles. The molecule has 19 heavy (non-hydrogen) atoms. The molecule has 1 atom stereocenters. The second-order valence-corrected chi connectivity index (χ2v) is 6.24. The Balaban J connectivity index is 2.29. The summed E-state index contributed by atoms with van der Waals surface area (Å²) in [4.78, 5) is 0. The van der Waals surface area contributed by atoms with Gasteiger partial charge in [-0.1, -0.05) is 55.2 Å². The minimum Gasteiger partial charge on any atom is -0.0884 e. The Morgan fingerprint density at radius 3 is 2.68 bits per heavy atom. The van der Waals surface area contributed by atoms with Crippen LogP contribution in [0, 0.1) is 5.92 Å². The molecule has 0 spiro atoms. The maximum Gasteiger partial charge on any atom is -0.0280 e. The molecule has 0 nitrogen and oxygen atoms in total. The van der Waals surface area contributed by atoms with E-state index in [9.17, 15) is 0 Å². The van der Waals surface area contributed by atoms with E-state index in [2.05, 4.69) is 45.9 Å². The smallest absolute Gasteiger partial charge is 0.0280 e. The third-order valence-corrected chi connectivity index (χ3v) is 4.27.